The number of ether oxygens (including phenoxy) is 2. The molecule has 0 radical (unpaired) electrons. The number of nitrogens with zero attached hydrogens (tertiary/aromatic N) is 1. The third kappa shape index (κ3) is 4.00. The van der Waals surface area contributed by atoms with E-state index in [9.17, 15) is 13.2 Å². The Morgan fingerprint density at radius 3 is 2.36 bits per heavy atom. The van der Waals surface area contributed by atoms with Crippen LogP contribution in [0.4, 0.5) is 0 Å². The summed E-state index contributed by atoms with van der Waals surface area (Å²) in [5, 5.41) is 0. The van der Waals surface area contributed by atoms with Crippen LogP contribution in [0.2, 0.25) is 0 Å². The highest BCUT2D eigenvalue weighted by molar-refractivity contribution is 7.89. The lowest BCUT2D eigenvalue weighted by molar-refractivity contribution is 0.0945. The van der Waals surface area contributed by atoms with Crippen molar-refractivity contribution in [1.29, 1.82) is 0 Å². The number of aromatic nitrogens is 1. The summed E-state index contributed by atoms with van der Waals surface area (Å²) in [6, 6.07) is 14.8. The smallest absolute Gasteiger partial charge is 0.268 e. The topological polar surface area (TPSA) is 98.7 Å². The molecule has 1 heterocycles. The molecule has 2 N–H and O–H groups in total. The Morgan fingerprint density at radius 1 is 0.964 bits per heavy atom. The Morgan fingerprint density at radius 2 is 1.68 bits per heavy atom. The Kier molecular flexibility index (Phi) is 5.67. The highest BCUT2D eigenvalue weighted by Gasteiger charge is 2.22. The van der Waals surface area contributed by atoms with Gasteiger partial charge in [0.2, 0.25) is 0 Å². The van der Waals surface area contributed by atoms with Crippen LogP contribution in [0.3, 0.4) is 0 Å². The number of rotatable bonds is 7. The largest absolute Gasteiger partial charge is 0.497 e. The van der Waals surface area contributed by atoms with Crippen molar-refractivity contribution in [3.05, 3.63) is 72.6 Å². The van der Waals surface area contributed by atoms with Gasteiger partial charge in [-0.3, -0.25) is 10.2 Å². The summed E-state index contributed by atoms with van der Waals surface area (Å²) in [4.78, 5) is 14.5. The standard InChI is InChI=1S/C19H19N3O5S/c1-26-14-9-10-17(27-2)18(13-14)28(24,25)21-20-19(23)15-7-3-4-8-16(15)22-11-5-6-12-22/h3-13,21H,1-2H3,(H,20,23). The van der Waals surface area contributed by atoms with Crippen molar-refractivity contribution in [3.8, 4) is 17.2 Å². The molecule has 1 amide bonds. The summed E-state index contributed by atoms with van der Waals surface area (Å²) in [6.45, 7) is 0. The van der Waals surface area contributed by atoms with Crippen molar-refractivity contribution in [2.75, 3.05) is 14.2 Å². The summed E-state index contributed by atoms with van der Waals surface area (Å²) >= 11 is 0. The second kappa shape index (κ2) is 8.15. The number of hydrazine groups is 1. The molecule has 146 valence electrons. The van der Waals surface area contributed by atoms with Gasteiger partial charge in [0.1, 0.15) is 16.4 Å². The van der Waals surface area contributed by atoms with E-state index >= 15 is 0 Å². The van der Waals surface area contributed by atoms with Crippen LogP contribution in [0.15, 0.2) is 71.9 Å². The number of methoxy groups -OCH3 is 2. The minimum absolute atomic E-state index is 0.121. The molecule has 0 atom stereocenters. The summed E-state index contributed by atoms with van der Waals surface area (Å²) in [5.41, 5.74) is 3.16. The Hall–Kier alpha value is -3.30. The summed E-state index contributed by atoms with van der Waals surface area (Å²) in [5.74, 6) is -0.143. The third-order valence-electron chi connectivity index (χ3n) is 3.99. The van der Waals surface area contributed by atoms with Gasteiger partial charge < -0.3 is 14.0 Å². The molecule has 2 aromatic carbocycles. The average Bonchev–Trinajstić information content (AvgIpc) is 3.26. The molecule has 0 unspecified atom stereocenters. The molecule has 3 aromatic rings. The molecule has 1 aromatic heterocycles. The average molecular weight is 401 g/mol. The number of amides is 1. The molecule has 0 aliphatic rings. The van der Waals surface area contributed by atoms with Gasteiger partial charge >= 0.3 is 0 Å². The van der Waals surface area contributed by atoms with E-state index in [1.54, 1.807) is 47.3 Å². The lowest BCUT2D eigenvalue weighted by Crippen LogP contribution is -2.42. The van der Waals surface area contributed by atoms with Gasteiger partial charge in [0.15, 0.2) is 0 Å². The number of carbonyl (C=O) groups excluding carboxylic acids is 1. The first-order chi connectivity index (χ1) is 13.5. The zero-order valence-corrected chi connectivity index (χ0v) is 16.1. The maximum absolute atomic E-state index is 12.7. The van der Waals surface area contributed by atoms with Gasteiger partial charge in [-0.25, -0.2) is 8.42 Å². The van der Waals surface area contributed by atoms with Crippen LogP contribution in [0.25, 0.3) is 5.69 Å². The molecule has 3 rings (SSSR count). The van der Waals surface area contributed by atoms with Gasteiger partial charge in [-0.05, 0) is 36.4 Å². The van der Waals surface area contributed by atoms with Crippen LogP contribution in [-0.2, 0) is 10.0 Å². The van der Waals surface area contributed by atoms with Crippen LogP contribution in [-0.4, -0.2) is 33.1 Å². The van der Waals surface area contributed by atoms with E-state index in [1.165, 1.54) is 26.4 Å². The van der Waals surface area contributed by atoms with Crippen molar-refractivity contribution < 1.29 is 22.7 Å². The summed E-state index contributed by atoms with van der Waals surface area (Å²) in [6.07, 6.45) is 3.58. The van der Waals surface area contributed by atoms with Crippen molar-refractivity contribution >= 4 is 15.9 Å². The fourth-order valence-electron chi connectivity index (χ4n) is 2.62. The summed E-state index contributed by atoms with van der Waals surface area (Å²) in [7, 11) is -1.32. The maximum atomic E-state index is 12.7. The van der Waals surface area contributed by atoms with Crippen LogP contribution in [0, 0.1) is 0 Å². The van der Waals surface area contributed by atoms with Gasteiger partial charge in [-0.1, -0.05) is 12.1 Å². The molecule has 0 bridgehead atoms. The van der Waals surface area contributed by atoms with Crippen LogP contribution in [0.1, 0.15) is 10.4 Å². The van der Waals surface area contributed by atoms with Crippen LogP contribution in [0.5, 0.6) is 11.5 Å². The van der Waals surface area contributed by atoms with Gasteiger partial charge in [0.25, 0.3) is 15.9 Å². The second-order valence-electron chi connectivity index (χ2n) is 5.68. The fourth-order valence-corrected chi connectivity index (χ4v) is 3.64. The Labute approximate surface area is 162 Å². The molecular formula is C19H19N3O5S. The zero-order valence-electron chi connectivity index (χ0n) is 15.2. The highest BCUT2D eigenvalue weighted by Crippen LogP contribution is 2.27. The molecule has 0 spiro atoms. The predicted molar refractivity (Wildman–Crippen MR) is 103 cm³/mol. The van der Waals surface area contributed by atoms with Crippen molar-refractivity contribution in [3.63, 3.8) is 0 Å². The Balaban J connectivity index is 1.84. The molecule has 8 nitrogen and oxygen atoms in total. The first-order valence-corrected chi connectivity index (χ1v) is 9.71. The quantitative estimate of drug-likeness (QED) is 0.591. The molecule has 0 fully saturated rings. The monoisotopic (exact) mass is 401 g/mol. The maximum Gasteiger partial charge on any atom is 0.268 e. The van der Waals surface area contributed by atoms with Gasteiger partial charge in [-0.15, -0.1) is 4.83 Å². The van der Waals surface area contributed by atoms with E-state index in [2.05, 4.69) is 10.3 Å². The minimum atomic E-state index is -4.10. The number of benzene rings is 2. The van der Waals surface area contributed by atoms with E-state index in [0.717, 1.165) is 0 Å². The van der Waals surface area contributed by atoms with Crippen molar-refractivity contribution in [2.24, 2.45) is 0 Å². The number of para-hydroxylation sites is 1. The second-order valence-corrected chi connectivity index (χ2v) is 7.33. The first kappa shape index (κ1) is 19.5. The molecule has 0 saturated heterocycles. The van der Waals surface area contributed by atoms with Crippen LogP contribution >= 0.6 is 0 Å². The molecule has 0 aliphatic heterocycles. The van der Waals surface area contributed by atoms with E-state index in [4.69, 9.17) is 9.47 Å². The van der Waals surface area contributed by atoms with Gasteiger partial charge in [0.05, 0.1) is 25.5 Å². The normalized spacial score (nSPS) is 11.1. The van der Waals surface area contributed by atoms with Crippen LogP contribution < -0.4 is 19.7 Å². The molecule has 9 heteroatoms. The predicted octanol–water partition coefficient (Wildman–Crippen LogP) is 2.12. The SMILES string of the molecule is COc1ccc(OC)c(S(=O)(=O)NNC(=O)c2ccccc2-n2cccc2)c1. The number of sulfonamides is 1. The van der Waals surface area contributed by atoms with E-state index < -0.39 is 15.9 Å². The third-order valence-corrected chi connectivity index (χ3v) is 5.26. The van der Waals surface area contributed by atoms with Gasteiger partial charge in [-0.2, -0.15) is 0 Å². The molecule has 0 aliphatic carbocycles. The highest BCUT2D eigenvalue weighted by atomic mass is 32.2. The van der Waals surface area contributed by atoms with E-state index in [1.807, 2.05) is 12.1 Å². The van der Waals surface area contributed by atoms with Crippen molar-refractivity contribution in [1.82, 2.24) is 14.8 Å². The van der Waals surface area contributed by atoms with E-state index in [0.29, 0.717) is 17.0 Å². The lowest BCUT2D eigenvalue weighted by atomic mass is 10.1. The lowest BCUT2D eigenvalue weighted by Gasteiger charge is -2.14. The van der Waals surface area contributed by atoms with Crippen molar-refractivity contribution in [2.45, 2.75) is 4.90 Å². The molecule has 0 saturated carbocycles. The summed E-state index contributed by atoms with van der Waals surface area (Å²) < 4.78 is 37.2. The zero-order chi connectivity index (χ0) is 20.1. The number of carbonyl (C=O) groups is 1. The first-order valence-electron chi connectivity index (χ1n) is 8.23. The number of hydrogen-bond acceptors (Lipinski definition) is 5. The van der Waals surface area contributed by atoms with Gasteiger partial charge in [0, 0.05) is 18.5 Å². The molecular weight excluding hydrogens is 382 g/mol. The number of hydrogen-bond donors (Lipinski definition) is 2. The fraction of sp³-hybridized carbons (Fsp3) is 0.105. The minimum Gasteiger partial charge on any atom is -0.497 e. The molecule has 28 heavy (non-hydrogen) atoms. The number of nitrogens with one attached hydrogen (secondary N) is 2. The van der Waals surface area contributed by atoms with E-state index in [-0.39, 0.29) is 10.6 Å². The Bertz CT molecular complexity index is 1080.